The number of amides is 1. The van der Waals surface area contributed by atoms with Crippen LogP contribution in [-0.2, 0) is 4.79 Å². The molecule has 7 aliphatic rings. The first-order chi connectivity index (χ1) is 13.7. The van der Waals surface area contributed by atoms with E-state index in [4.69, 9.17) is 10.8 Å². The zero-order valence-corrected chi connectivity index (χ0v) is 16.3. The van der Waals surface area contributed by atoms with Crippen molar-refractivity contribution >= 4 is 17.8 Å². The Balaban J connectivity index is 1.30. The Hall–Kier alpha value is -2.07. The molecule has 0 aromatic carbocycles. The predicted molar refractivity (Wildman–Crippen MR) is 103 cm³/mol. The summed E-state index contributed by atoms with van der Waals surface area (Å²) < 4.78 is 0. The topological polar surface area (TPSA) is 157 Å². The quantitative estimate of drug-likeness (QED) is 0.258. The van der Waals surface area contributed by atoms with Crippen LogP contribution in [-0.4, -0.2) is 69.6 Å². The summed E-state index contributed by atoms with van der Waals surface area (Å²) in [4.78, 5) is 15.0. The molecule has 0 radical (unpaired) electrons. The van der Waals surface area contributed by atoms with Gasteiger partial charge in [0.1, 0.15) is 6.04 Å². The molecule has 7 rings (SSSR count). The zero-order valence-electron chi connectivity index (χ0n) is 16.3. The predicted octanol–water partition coefficient (Wildman–Crippen LogP) is -1.59. The molecule has 0 aromatic heterocycles. The molecule has 4 saturated carbocycles. The van der Waals surface area contributed by atoms with E-state index in [-0.39, 0.29) is 36.3 Å². The van der Waals surface area contributed by atoms with E-state index in [1.54, 1.807) is 0 Å². The molecule has 1 spiro atoms. The van der Waals surface area contributed by atoms with Gasteiger partial charge in [0, 0.05) is 18.5 Å². The van der Waals surface area contributed by atoms with Crippen molar-refractivity contribution in [2.75, 3.05) is 13.1 Å². The molecule has 1 amide bonds. The molecule has 7 fully saturated rings. The van der Waals surface area contributed by atoms with E-state index >= 15 is 0 Å². The lowest BCUT2D eigenvalue weighted by Crippen LogP contribution is -2.78. The van der Waals surface area contributed by atoms with E-state index in [9.17, 15) is 15.0 Å². The van der Waals surface area contributed by atoms with Crippen molar-refractivity contribution < 1.29 is 15.0 Å². The molecule has 3 atom stereocenters. The van der Waals surface area contributed by atoms with Crippen LogP contribution >= 0.6 is 0 Å². The summed E-state index contributed by atoms with van der Waals surface area (Å²) in [6.07, 6.45) is 6.42. The van der Waals surface area contributed by atoms with Gasteiger partial charge in [0.05, 0.1) is 6.04 Å². The largest absolute Gasteiger partial charge is 0.361 e. The lowest BCUT2D eigenvalue weighted by Gasteiger charge is -2.56. The van der Waals surface area contributed by atoms with Crippen LogP contribution in [0.1, 0.15) is 38.5 Å². The average molecular weight is 403 g/mol. The standard InChI is InChI=1S/C19H29N7O3/c20-15-24-12-7-22-16(21)26-8-13(19(28,29)18(12,26)25-15)23-14(27)17-4-9-1-10(5-17)3-11(2-9)6-17/h9-13,28-29H,1-8H2,(H2,21,22)(H,23,27)(H3,20,24,25). The summed E-state index contributed by atoms with van der Waals surface area (Å²) in [5, 5.41) is 50.4. The number of carbonyl (C=O) groups excluding carboxylic acids is 1. The maximum atomic E-state index is 13.5. The molecular formula is C19H29N7O3. The van der Waals surface area contributed by atoms with Gasteiger partial charge >= 0.3 is 0 Å². The molecule has 3 heterocycles. The Bertz CT molecular complexity index is 778. The number of nitrogens with zero attached hydrogens (tertiary/aromatic N) is 1. The maximum absolute atomic E-state index is 13.5. The maximum Gasteiger partial charge on any atom is 0.231 e. The number of nitrogens with one attached hydrogen (secondary N) is 6. The first kappa shape index (κ1) is 17.8. The molecule has 8 N–H and O–H groups in total. The number of guanidine groups is 2. The second kappa shape index (κ2) is 5.34. The van der Waals surface area contributed by atoms with Crippen LogP contribution < -0.4 is 21.3 Å². The second-order valence-corrected chi connectivity index (χ2v) is 10.3. The molecule has 158 valence electrons. The van der Waals surface area contributed by atoms with Crippen LogP contribution in [0.2, 0.25) is 0 Å². The van der Waals surface area contributed by atoms with Crippen LogP contribution in [0.4, 0.5) is 0 Å². The molecule has 3 saturated heterocycles. The van der Waals surface area contributed by atoms with Gasteiger partial charge in [-0.1, -0.05) is 0 Å². The molecule has 4 aliphatic carbocycles. The number of carbonyl (C=O) groups is 1. The fourth-order valence-corrected chi connectivity index (χ4v) is 7.72. The van der Waals surface area contributed by atoms with Gasteiger partial charge in [-0.3, -0.25) is 15.6 Å². The van der Waals surface area contributed by atoms with Crippen molar-refractivity contribution in [2.24, 2.45) is 23.2 Å². The van der Waals surface area contributed by atoms with Gasteiger partial charge in [0.15, 0.2) is 17.6 Å². The highest BCUT2D eigenvalue weighted by Gasteiger charge is 2.73. The van der Waals surface area contributed by atoms with Crippen molar-refractivity contribution in [1.82, 2.24) is 26.2 Å². The highest BCUT2D eigenvalue weighted by Crippen LogP contribution is 2.60. The van der Waals surface area contributed by atoms with Crippen LogP contribution in [0.25, 0.3) is 0 Å². The second-order valence-electron chi connectivity index (χ2n) is 10.3. The Morgan fingerprint density at radius 1 is 1.10 bits per heavy atom. The van der Waals surface area contributed by atoms with Crippen molar-refractivity contribution in [3.63, 3.8) is 0 Å². The summed E-state index contributed by atoms with van der Waals surface area (Å²) in [6.45, 7) is 0.374. The van der Waals surface area contributed by atoms with Crippen LogP contribution in [0, 0.1) is 34.0 Å². The third-order valence-electron chi connectivity index (χ3n) is 8.54. The first-order valence-corrected chi connectivity index (χ1v) is 10.7. The third kappa shape index (κ3) is 2.11. The van der Waals surface area contributed by atoms with E-state index in [0.717, 1.165) is 19.3 Å². The van der Waals surface area contributed by atoms with Gasteiger partial charge in [0.2, 0.25) is 11.7 Å². The van der Waals surface area contributed by atoms with Gasteiger partial charge in [-0.15, -0.1) is 0 Å². The van der Waals surface area contributed by atoms with Crippen LogP contribution in [0.15, 0.2) is 0 Å². The van der Waals surface area contributed by atoms with E-state index in [0.29, 0.717) is 17.8 Å². The minimum Gasteiger partial charge on any atom is -0.361 e. The number of rotatable bonds is 2. The zero-order chi connectivity index (χ0) is 20.2. The van der Waals surface area contributed by atoms with E-state index < -0.39 is 23.5 Å². The van der Waals surface area contributed by atoms with E-state index in [1.807, 2.05) is 0 Å². The van der Waals surface area contributed by atoms with Crippen molar-refractivity contribution in [3.05, 3.63) is 0 Å². The number of hydrogen-bond acceptors (Lipinski definition) is 5. The van der Waals surface area contributed by atoms with E-state index in [1.165, 1.54) is 24.2 Å². The SMILES string of the molecule is N=C1NC2CNC(=N)N3CC(NC(=O)C45CC6CC(CC(C6)C4)C5)C(O)(O)C23N1. The van der Waals surface area contributed by atoms with Gasteiger partial charge in [-0.25, -0.2) is 0 Å². The minimum atomic E-state index is -2.33. The number of hydrogen-bond donors (Lipinski definition) is 8. The minimum absolute atomic E-state index is 0.0166. The monoisotopic (exact) mass is 403 g/mol. The lowest BCUT2D eigenvalue weighted by atomic mass is 9.49. The smallest absolute Gasteiger partial charge is 0.231 e. The Morgan fingerprint density at radius 3 is 2.34 bits per heavy atom. The summed E-state index contributed by atoms with van der Waals surface area (Å²) in [5.74, 6) is -0.493. The van der Waals surface area contributed by atoms with Gasteiger partial charge in [-0.05, 0) is 56.3 Å². The van der Waals surface area contributed by atoms with Crippen LogP contribution in [0.3, 0.4) is 0 Å². The highest BCUT2D eigenvalue weighted by atomic mass is 16.5. The molecule has 29 heavy (non-hydrogen) atoms. The van der Waals surface area contributed by atoms with Crippen LogP contribution in [0.5, 0.6) is 0 Å². The summed E-state index contributed by atoms with van der Waals surface area (Å²) in [7, 11) is 0. The fraction of sp³-hybridized carbons (Fsp3) is 0.842. The van der Waals surface area contributed by atoms with Crippen molar-refractivity contribution in [2.45, 2.75) is 62.1 Å². The molecular weight excluding hydrogens is 374 g/mol. The van der Waals surface area contributed by atoms with E-state index in [2.05, 4.69) is 21.3 Å². The molecule has 3 aliphatic heterocycles. The highest BCUT2D eigenvalue weighted by molar-refractivity contribution is 5.88. The lowest BCUT2D eigenvalue weighted by molar-refractivity contribution is -0.231. The third-order valence-corrected chi connectivity index (χ3v) is 8.54. The Kier molecular flexibility index (Phi) is 3.27. The number of aliphatic hydroxyl groups is 2. The Morgan fingerprint density at radius 2 is 1.72 bits per heavy atom. The molecule has 0 aromatic rings. The molecule has 10 nitrogen and oxygen atoms in total. The van der Waals surface area contributed by atoms with Crippen molar-refractivity contribution in [3.8, 4) is 0 Å². The molecule has 3 unspecified atom stereocenters. The summed E-state index contributed by atoms with van der Waals surface area (Å²) >= 11 is 0. The normalized spacial score (nSPS) is 48.5. The average Bonchev–Trinajstić information content (AvgIpc) is 3.09. The summed E-state index contributed by atoms with van der Waals surface area (Å²) in [5.41, 5.74) is -1.84. The summed E-state index contributed by atoms with van der Waals surface area (Å²) in [6, 6.07) is -1.47. The van der Waals surface area contributed by atoms with Gasteiger partial charge in [-0.2, -0.15) is 0 Å². The van der Waals surface area contributed by atoms with Gasteiger partial charge in [0.25, 0.3) is 0 Å². The first-order valence-electron chi connectivity index (χ1n) is 10.7. The fourth-order valence-electron chi connectivity index (χ4n) is 7.72. The van der Waals surface area contributed by atoms with Gasteiger partial charge < -0.3 is 36.4 Å². The Labute approximate surface area is 168 Å². The van der Waals surface area contributed by atoms with Crippen molar-refractivity contribution in [1.29, 1.82) is 10.8 Å². The molecule has 4 bridgehead atoms. The molecule has 10 heteroatoms.